The first-order valence-electron chi connectivity index (χ1n) is 8.19. The van der Waals surface area contributed by atoms with Crippen molar-refractivity contribution in [2.75, 3.05) is 14.2 Å². The summed E-state index contributed by atoms with van der Waals surface area (Å²) in [5, 5.41) is 5.52. The van der Waals surface area contributed by atoms with Crippen molar-refractivity contribution in [3.05, 3.63) is 66.1 Å². The van der Waals surface area contributed by atoms with Crippen LogP contribution in [-0.4, -0.2) is 35.4 Å². The third-order valence-corrected chi connectivity index (χ3v) is 4.13. The smallest absolute Gasteiger partial charge is 0.251 e. The van der Waals surface area contributed by atoms with Crippen LogP contribution in [0, 0.1) is 0 Å². The Kier molecular flexibility index (Phi) is 5.17. The molecule has 0 bridgehead atoms. The highest BCUT2D eigenvalue weighted by Gasteiger charge is 2.19. The van der Waals surface area contributed by atoms with Crippen LogP contribution in [0.25, 0.3) is 5.65 Å². The molecule has 0 saturated carbocycles. The molecule has 7 heteroatoms. The molecule has 0 radical (unpaired) electrons. The van der Waals surface area contributed by atoms with Gasteiger partial charge in [-0.2, -0.15) is 0 Å². The number of imidazole rings is 1. The number of amides is 2. The van der Waals surface area contributed by atoms with E-state index in [0.717, 1.165) is 5.56 Å². The van der Waals surface area contributed by atoms with Gasteiger partial charge in [0.1, 0.15) is 11.4 Å². The van der Waals surface area contributed by atoms with Crippen LogP contribution in [0.2, 0.25) is 0 Å². The van der Waals surface area contributed by atoms with Gasteiger partial charge in [0.2, 0.25) is 5.91 Å². The van der Waals surface area contributed by atoms with Gasteiger partial charge in [0.05, 0.1) is 19.6 Å². The molecule has 2 N–H and O–H groups in total. The van der Waals surface area contributed by atoms with Gasteiger partial charge < -0.3 is 19.8 Å². The molecule has 1 unspecified atom stereocenters. The predicted molar refractivity (Wildman–Crippen MR) is 97.1 cm³/mol. The first kappa shape index (κ1) is 17.5. The molecule has 1 aromatic carbocycles. The highest BCUT2D eigenvalue weighted by molar-refractivity contribution is 5.95. The number of aromatic nitrogens is 2. The monoisotopic (exact) mass is 352 g/mol. The molecule has 134 valence electrons. The molecule has 0 fully saturated rings. The SMILES string of the molecule is CNC(=O)CC(NC(=O)c1ccn2ccnc2c1)c1cccc(OC)c1. The maximum atomic E-state index is 12.7. The molecule has 0 aliphatic rings. The van der Waals surface area contributed by atoms with E-state index in [2.05, 4.69) is 15.6 Å². The third-order valence-electron chi connectivity index (χ3n) is 4.13. The van der Waals surface area contributed by atoms with Gasteiger partial charge in [-0.3, -0.25) is 9.59 Å². The van der Waals surface area contributed by atoms with Crippen molar-refractivity contribution in [2.24, 2.45) is 0 Å². The summed E-state index contributed by atoms with van der Waals surface area (Å²) in [5.74, 6) is 0.228. The van der Waals surface area contributed by atoms with Gasteiger partial charge in [-0.1, -0.05) is 12.1 Å². The summed E-state index contributed by atoms with van der Waals surface area (Å²) >= 11 is 0. The molecule has 3 aromatic rings. The van der Waals surface area contributed by atoms with E-state index >= 15 is 0 Å². The summed E-state index contributed by atoms with van der Waals surface area (Å²) in [6, 6.07) is 10.3. The van der Waals surface area contributed by atoms with Crippen molar-refractivity contribution in [1.82, 2.24) is 20.0 Å². The van der Waals surface area contributed by atoms with Crippen LogP contribution in [-0.2, 0) is 4.79 Å². The van der Waals surface area contributed by atoms with E-state index in [-0.39, 0.29) is 18.2 Å². The van der Waals surface area contributed by atoms with Crippen LogP contribution >= 0.6 is 0 Å². The van der Waals surface area contributed by atoms with Crippen LogP contribution < -0.4 is 15.4 Å². The second-order valence-electron chi connectivity index (χ2n) is 5.79. The van der Waals surface area contributed by atoms with Crippen molar-refractivity contribution in [3.63, 3.8) is 0 Å². The van der Waals surface area contributed by atoms with Crippen LogP contribution in [0.15, 0.2) is 55.0 Å². The van der Waals surface area contributed by atoms with Crippen LogP contribution in [0.5, 0.6) is 5.75 Å². The summed E-state index contributed by atoms with van der Waals surface area (Å²) in [6.07, 6.45) is 5.38. The average Bonchev–Trinajstić information content (AvgIpc) is 3.15. The van der Waals surface area contributed by atoms with Crippen LogP contribution in [0.4, 0.5) is 0 Å². The molecule has 26 heavy (non-hydrogen) atoms. The number of fused-ring (bicyclic) bond motifs is 1. The summed E-state index contributed by atoms with van der Waals surface area (Å²) < 4.78 is 7.06. The Balaban J connectivity index is 1.85. The van der Waals surface area contributed by atoms with Gasteiger partial charge in [0.25, 0.3) is 5.91 Å². The van der Waals surface area contributed by atoms with Crippen LogP contribution in [0.3, 0.4) is 0 Å². The largest absolute Gasteiger partial charge is 0.497 e. The normalized spacial score (nSPS) is 11.8. The van der Waals surface area contributed by atoms with E-state index < -0.39 is 6.04 Å². The zero-order chi connectivity index (χ0) is 18.5. The lowest BCUT2D eigenvalue weighted by atomic mass is 10.0. The number of ether oxygens (including phenoxy) is 1. The molecule has 7 nitrogen and oxygen atoms in total. The third kappa shape index (κ3) is 3.83. The molecule has 1 atom stereocenters. The first-order chi connectivity index (χ1) is 12.6. The number of nitrogens with one attached hydrogen (secondary N) is 2. The minimum absolute atomic E-state index is 0.126. The Labute approximate surface area is 151 Å². The lowest BCUT2D eigenvalue weighted by Gasteiger charge is -2.19. The number of pyridine rings is 1. The Bertz CT molecular complexity index is 935. The van der Waals surface area contributed by atoms with E-state index in [1.165, 1.54) is 0 Å². The summed E-state index contributed by atoms with van der Waals surface area (Å²) in [5.41, 5.74) is 1.96. The van der Waals surface area contributed by atoms with Gasteiger partial charge in [-0.25, -0.2) is 4.98 Å². The highest BCUT2D eigenvalue weighted by atomic mass is 16.5. The molecular weight excluding hydrogens is 332 g/mol. The molecular formula is C19H20N4O3. The van der Waals surface area contributed by atoms with Gasteiger partial charge in [0, 0.05) is 31.2 Å². The van der Waals surface area contributed by atoms with Crippen molar-refractivity contribution in [2.45, 2.75) is 12.5 Å². The number of carbonyl (C=O) groups excluding carboxylic acids is 2. The fourth-order valence-corrected chi connectivity index (χ4v) is 2.69. The second kappa shape index (κ2) is 7.69. The van der Waals surface area contributed by atoms with Gasteiger partial charge in [0.15, 0.2) is 0 Å². The van der Waals surface area contributed by atoms with Crippen molar-refractivity contribution in [1.29, 1.82) is 0 Å². The van der Waals surface area contributed by atoms with Gasteiger partial charge in [-0.05, 0) is 29.8 Å². The summed E-state index contributed by atoms with van der Waals surface area (Å²) in [6.45, 7) is 0. The fourth-order valence-electron chi connectivity index (χ4n) is 2.69. The zero-order valence-corrected chi connectivity index (χ0v) is 14.6. The molecule has 0 spiro atoms. The molecule has 3 rings (SSSR count). The minimum Gasteiger partial charge on any atom is -0.497 e. The number of hydrogen-bond donors (Lipinski definition) is 2. The topological polar surface area (TPSA) is 84.7 Å². The Morgan fingerprint density at radius 2 is 2.08 bits per heavy atom. The Morgan fingerprint density at radius 3 is 2.85 bits per heavy atom. The van der Waals surface area contributed by atoms with Gasteiger partial charge in [-0.15, -0.1) is 0 Å². The lowest BCUT2D eigenvalue weighted by Crippen LogP contribution is -2.32. The summed E-state index contributed by atoms with van der Waals surface area (Å²) in [7, 11) is 3.14. The fraction of sp³-hybridized carbons (Fsp3) is 0.211. The predicted octanol–water partition coefficient (Wildman–Crippen LogP) is 1.95. The quantitative estimate of drug-likeness (QED) is 0.710. The minimum atomic E-state index is -0.478. The number of methoxy groups -OCH3 is 1. The number of hydrogen-bond acceptors (Lipinski definition) is 4. The van der Waals surface area contributed by atoms with Gasteiger partial charge >= 0.3 is 0 Å². The molecule has 0 aliphatic carbocycles. The number of nitrogens with zero attached hydrogens (tertiary/aromatic N) is 2. The van der Waals surface area contributed by atoms with E-state index in [1.807, 2.05) is 34.9 Å². The lowest BCUT2D eigenvalue weighted by molar-refractivity contribution is -0.121. The maximum Gasteiger partial charge on any atom is 0.251 e. The maximum absolute atomic E-state index is 12.7. The van der Waals surface area contributed by atoms with E-state index in [1.54, 1.807) is 38.7 Å². The number of benzene rings is 1. The standard InChI is InChI=1S/C19H20N4O3/c1-20-18(24)12-16(13-4-3-5-15(10-13)26-2)22-19(25)14-6-8-23-9-7-21-17(23)11-14/h3-11,16H,12H2,1-2H3,(H,20,24)(H,22,25). The molecule has 0 saturated heterocycles. The Hall–Kier alpha value is -3.35. The van der Waals surface area contributed by atoms with Crippen molar-refractivity contribution >= 4 is 17.5 Å². The van der Waals surface area contributed by atoms with Crippen LogP contribution in [0.1, 0.15) is 28.4 Å². The number of rotatable bonds is 6. The molecule has 2 heterocycles. The van der Waals surface area contributed by atoms with E-state index in [0.29, 0.717) is 17.0 Å². The Morgan fingerprint density at radius 1 is 1.23 bits per heavy atom. The highest BCUT2D eigenvalue weighted by Crippen LogP contribution is 2.22. The van der Waals surface area contributed by atoms with E-state index in [9.17, 15) is 9.59 Å². The second-order valence-corrected chi connectivity index (χ2v) is 5.79. The summed E-state index contributed by atoms with van der Waals surface area (Å²) in [4.78, 5) is 28.8. The average molecular weight is 352 g/mol. The zero-order valence-electron chi connectivity index (χ0n) is 14.6. The number of carbonyl (C=O) groups is 2. The van der Waals surface area contributed by atoms with Crippen molar-refractivity contribution < 1.29 is 14.3 Å². The molecule has 0 aliphatic heterocycles. The van der Waals surface area contributed by atoms with E-state index in [4.69, 9.17) is 4.74 Å². The molecule has 2 amide bonds. The first-order valence-corrected chi connectivity index (χ1v) is 8.19. The molecule has 2 aromatic heterocycles. The van der Waals surface area contributed by atoms with Crippen molar-refractivity contribution in [3.8, 4) is 5.75 Å².